The van der Waals surface area contributed by atoms with Crippen LogP contribution in [0.2, 0.25) is 0 Å². The summed E-state index contributed by atoms with van der Waals surface area (Å²) >= 11 is 0. The van der Waals surface area contributed by atoms with Crippen molar-refractivity contribution in [1.82, 2.24) is 4.90 Å². The van der Waals surface area contributed by atoms with Gasteiger partial charge >= 0.3 is 0 Å². The molecule has 2 fully saturated rings. The Morgan fingerprint density at radius 1 is 1.50 bits per heavy atom. The molecule has 12 heavy (non-hydrogen) atoms. The zero-order valence-electron chi connectivity index (χ0n) is 7.29. The Labute approximate surface area is 73.6 Å². The lowest BCUT2D eigenvalue weighted by molar-refractivity contribution is -0.0485. The molecule has 2 bridgehead atoms. The summed E-state index contributed by atoms with van der Waals surface area (Å²) in [4.78, 5) is 2.40. The van der Waals surface area contributed by atoms with Crippen LogP contribution in [0, 0.1) is 18.3 Å². The molecule has 2 heteroatoms. The first-order valence-electron chi connectivity index (χ1n) is 4.67. The van der Waals surface area contributed by atoms with Crippen LogP contribution >= 0.6 is 0 Å². The zero-order valence-corrected chi connectivity index (χ0v) is 7.29. The molecule has 3 unspecified atom stereocenters. The molecule has 66 valence electrons. The van der Waals surface area contributed by atoms with Gasteiger partial charge in [-0.3, -0.25) is 0 Å². The number of hydrogen-bond acceptors (Lipinski definition) is 2. The highest BCUT2D eigenvalue weighted by Gasteiger charge is 2.41. The first kappa shape index (κ1) is 8.10. The summed E-state index contributed by atoms with van der Waals surface area (Å²) < 4.78 is 0. The number of terminal acetylenes is 1. The standard InChI is InChI=1S/C10H15NO/c1-2-10(12)5-7-11-6-3-4-9(10)8-11/h1,9,12H,3-8H2. The molecule has 0 aromatic carbocycles. The van der Waals surface area contributed by atoms with Gasteiger partial charge in [0.25, 0.3) is 0 Å². The summed E-state index contributed by atoms with van der Waals surface area (Å²) in [5, 5.41) is 10.0. The van der Waals surface area contributed by atoms with Gasteiger partial charge in [0.2, 0.25) is 0 Å². The molecule has 2 heterocycles. The van der Waals surface area contributed by atoms with Crippen molar-refractivity contribution in [3.05, 3.63) is 0 Å². The topological polar surface area (TPSA) is 23.5 Å². The normalized spacial score (nSPS) is 46.7. The van der Waals surface area contributed by atoms with Crippen LogP contribution in [0.25, 0.3) is 0 Å². The molecule has 0 aliphatic carbocycles. The van der Waals surface area contributed by atoms with Crippen molar-refractivity contribution in [2.75, 3.05) is 19.6 Å². The van der Waals surface area contributed by atoms with E-state index in [0.29, 0.717) is 5.92 Å². The third-order valence-corrected chi connectivity index (χ3v) is 3.24. The minimum Gasteiger partial charge on any atom is -0.377 e. The van der Waals surface area contributed by atoms with Gasteiger partial charge in [0.1, 0.15) is 5.60 Å². The van der Waals surface area contributed by atoms with Crippen molar-refractivity contribution in [3.63, 3.8) is 0 Å². The van der Waals surface area contributed by atoms with E-state index in [2.05, 4.69) is 10.8 Å². The molecular formula is C10H15NO. The summed E-state index contributed by atoms with van der Waals surface area (Å²) in [5.74, 6) is 2.89. The summed E-state index contributed by atoms with van der Waals surface area (Å²) in [7, 11) is 0. The van der Waals surface area contributed by atoms with Gasteiger partial charge in [-0.2, -0.15) is 0 Å². The Kier molecular flexibility index (Phi) is 1.86. The van der Waals surface area contributed by atoms with E-state index in [9.17, 15) is 5.11 Å². The monoisotopic (exact) mass is 165 g/mol. The minimum atomic E-state index is -0.795. The van der Waals surface area contributed by atoms with E-state index in [1.807, 2.05) is 0 Å². The molecule has 0 spiro atoms. The van der Waals surface area contributed by atoms with Crippen molar-refractivity contribution in [1.29, 1.82) is 0 Å². The molecule has 0 saturated carbocycles. The average Bonchev–Trinajstić information content (AvgIpc) is 2.13. The second kappa shape index (κ2) is 2.76. The van der Waals surface area contributed by atoms with Crippen molar-refractivity contribution in [2.24, 2.45) is 5.92 Å². The maximum atomic E-state index is 10.0. The van der Waals surface area contributed by atoms with Gasteiger partial charge < -0.3 is 10.0 Å². The van der Waals surface area contributed by atoms with Gasteiger partial charge in [-0.05, 0) is 19.4 Å². The van der Waals surface area contributed by atoms with Crippen molar-refractivity contribution >= 4 is 0 Å². The van der Waals surface area contributed by atoms with Crippen molar-refractivity contribution in [3.8, 4) is 12.3 Å². The van der Waals surface area contributed by atoms with E-state index in [-0.39, 0.29) is 0 Å². The molecule has 0 amide bonds. The Morgan fingerprint density at radius 3 is 3.08 bits per heavy atom. The molecule has 2 aliphatic rings. The van der Waals surface area contributed by atoms with Crippen LogP contribution in [0.15, 0.2) is 0 Å². The van der Waals surface area contributed by atoms with Crippen LogP contribution in [0.5, 0.6) is 0 Å². The Hall–Kier alpha value is -0.520. The number of aliphatic hydroxyl groups is 1. The third-order valence-electron chi connectivity index (χ3n) is 3.24. The summed E-state index contributed by atoms with van der Waals surface area (Å²) in [6, 6.07) is 0. The minimum absolute atomic E-state index is 0.324. The first-order valence-corrected chi connectivity index (χ1v) is 4.67. The van der Waals surface area contributed by atoms with E-state index in [4.69, 9.17) is 6.42 Å². The molecule has 1 N–H and O–H groups in total. The number of piperidine rings is 2. The van der Waals surface area contributed by atoms with Gasteiger partial charge in [-0.25, -0.2) is 0 Å². The van der Waals surface area contributed by atoms with Crippen molar-refractivity contribution < 1.29 is 5.11 Å². The quantitative estimate of drug-likeness (QED) is 0.527. The van der Waals surface area contributed by atoms with E-state index < -0.39 is 5.60 Å². The molecular weight excluding hydrogens is 150 g/mol. The van der Waals surface area contributed by atoms with Gasteiger partial charge in [0, 0.05) is 25.4 Å². The van der Waals surface area contributed by atoms with Gasteiger partial charge in [-0.15, -0.1) is 6.42 Å². The Balaban J connectivity index is 2.15. The first-order chi connectivity index (χ1) is 5.74. The highest BCUT2D eigenvalue weighted by Crippen LogP contribution is 2.33. The van der Waals surface area contributed by atoms with Crippen LogP contribution in [-0.4, -0.2) is 35.2 Å². The van der Waals surface area contributed by atoms with Crippen LogP contribution in [-0.2, 0) is 0 Å². The van der Waals surface area contributed by atoms with E-state index in [1.165, 1.54) is 13.0 Å². The number of fused-ring (bicyclic) bond motifs is 2. The lowest BCUT2D eigenvalue weighted by Crippen LogP contribution is -2.53. The van der Waals surface area contributed by atoms with Gasteiger partial charge in [0.15, 0.2) is 0 Å². The van der Waals surface area contributed by atoms with Gasteiger partial charge in [0.05, 0.1) is 0 Å². The zero-order chi connectivity index (χ0) is 8.60. The molecule has 2 rings (SSSR count). The maximum absolute atomic E-state index is 10.0. The molecule has 2 aliphatic heterocycles. The predicted molar refractivity (Wildman–Crippen MR) is 47.6 cm³/mol. The molecule has 2 nitrogen and oxygen atoms in total. The SMILES string of the molecule is C#CC1(O)CCN2CCCC1C2. The largest absolute Gasteiger partial charge is 0.377 e. The van der Waals surface area contributed by atoms with Crippen LogP contribution in [0.4, 0.5) is 0 Å². The van der Waals surface area contributed by atoms with Crippen LogP contribution in [0.1, 0.15) is 19.3 Å². The second-order valence-corrected chi connectivity index (χ2v) is 3.96. The predicted octanol–water partition coefficient (Wildman–Crippen LogP) is 0.466. The summed E-state index contributed by atoms with van der Waals surface area (Å²) in [5.41, 5.74) is -0.795. The number of nitrogens with zero attached hydrogens (tertiary/aromatic N) is 1. The Bertz CT molecular complexity index is 220. The van der Waals surface area contributed by atoms with Crippen molar-refractivity contribution in [2.45, 2.75) is 24.9 Å². The molecule has 2 saturated heterocycles. The second-order valence-electron chi connectivity index (χ2n) is 3.96. The van der Waals surface area contributed by atoms with E-state index >= 15 is 0 Å². The fourth-order valence-corrected chi connectivity index (χ4v) is 2.37. The summed E-state index contributed by atoms with van der Waals surface area (Å²) in [6.07, 6.45) is 8.40. The van der Waals surface area contributed by atoms with Crippen LogP contribution in [0.3, 0.4) is 0 Å². The lowest BCUT2D eigenvalue weighted by Gasteiger charge is -2.45. The molecule has 0 aromatic heterocycles. The number of rotatable bonds is 0. The fraction of sp³-hybridized carbons (Fsp3) is 0.800. The lowest BCUT2D eigenvalue weighted by atomic mass is 9.77. The summed E-state index contributed by atoms with van der Waals surface area (Å²) in [6.45, 7) is 3.16. The molecule has 0 aromatic rings. The molecule has 3 atom stereocenters. The highest BCUT2D eigenvalue weighted by atomic mass is 16.3. The van der Waals surface area contributed by atoms with E-state index in [1.54, 1.807) is 0 Å². The third kappa shape index (κ3) is 1.14. The Morgan fingerprint density at radius 2 is 2.33 bits per heavy atom. The maximum Gasteiger partial charge on any atom is 0.130 e. The number of hydrogen-bond donors (Lipinski definition) is 1. The average molecular weight is 165 g/mol. The smallest absolute Gasteiger partial charge is 0.130 e. The van der Waals surface area contributed by atoms with E-state index in [0.717, 1.165) is 25.9 Å². The molecule has 0 radical (unpaired) electrons. The highest BCUT2D eigenvalue weighted by molar-refractivity contribution is 5.13. The fourth-order valence-electron chi connectivity index (χ4n) is 2.37. The van der Waals surface area contributed by atoms with Gasteiger partial charge in [-0.1, -0.05) is 5.92 Å². The van der Waals surface area contributed by atoms with Crippen LogP contribution < -0.4 is 0 Å².